The number of benzene rings is 2. The predicted octanol–water partition coefficient (Wildman–Crippen LogP) is 3.50. The van der Waals surface area contributed by atoms with Crippen molar-refractivity contribution < 1.29 is 9.53 Å². The molecule has 0 aromatic heterocycles. The van der Waals surface area contributed by atoms with Crippen LogP contribution in [0.4, 0.5) is 0 Å². The monoisotopic (exact) mass is 295 g/mol. The molecular formula is C19H21NO2. The molecule has 0 heterocycles. The lowest BCUT2D eigenvalue weighted by Gasteiger charge is -2.16. The van der Waals surface area contributed by atoms with Gasteiger partial charge in [-0.25, -0.2) is 0 Å². The Bertz CT molecular complexity index is 679. The summed E-state index contributed by atoms with van der Waals surface area (Å²) in [6.45, 7) is 0.507. The smallest absolute Gasteiger partial charge is 0.251 e. The predicted molar refractivity (Wildman–Crippen MR) is 87.2 cm³/mol. The average molecular weight is 295 g/mol. The molecule has 2 aromatic rings. The number of nitrogens with one attached hydrogen (secondary N) is 1. The van der Waals surface area contributed by atoms with Gasteiger partial charge in [-0.1, -0.05) is 18.2 Å². The summed E-state index contributed by atoms with van der Waals surface area (Å²) in [4.78, 5) is 12.3. The maximum atomic E-state index is 12.3. The lowest BCUT2D eigenvalue weighted by molar-refractivity contribution is 0.0950. The minimum absolute atomic E-state index is 0.0174. The SMILES string of the molecule is COc1cccc(CNC(=O)c2ccc3c(c2)CCCC3)c1. The highest BCUT2D eigenvalue weighted by Crippen LogP contribution is 2.22. The van der Waals surface area contributed by atoms with Crippen molar-refractivity contribution in [3.05, 3.63) is 64.7 Å². The van der Waals surface area contributed by atoms with E-state index in [1.807, 2.05) is 30.3 Å². The molecule has 1 amide bonds. The summed E-state index contributed by atoms with van der Waals surface area (Å²) in [5.74, 6) is 0.789. The fraction of sp³-hybridized carbons (Fsp3) is 0.316. The summed E-state index contributed by atoms with van der Waals surface area (Å²) < 4.78 is 5.20. The maximum absolute atomic E-state index is 12.3. The van der Waals surface area contributed by atoms with Gasteiger partial charge in [0.1, 0.15) is 5.75 Å². The number of aryl methyl sites for hydroxylation is 2. The molecule has 3 heteroatoms. The van der Waals surface area contributed by atoms with Crippen LogP contribution in [0, 0.1) is 0 Å². The molecule has 22 heavy (non-hydrogen) atoms. The number of carbonyl (C=O) groups excluding carboxylic acids is 1. The van der Waals surface area contributed by atoms with Gasteiger partial charge in [-0.05, 0) is 66.6 Å². The number of ether oxygens (including phenoxy) is 1. The minimum atomic E-state index is -0.0174. The molecule has 0 bridgehead atoms. The molecule has 0 atom stereocenters. The summed E-state index contributed by atoms with van der Waals surface area (Å²) in [5.41, 5.74) is 4.52. The maximum Gasteiger partial charge on any atom is 0.251 e. The van der Waals surface area contributed by atoms with Gasteiger partial charge < -0.3 is 10.1 Å². The highest BCUT2D eigenvalue weighted by molar-refractivity contribution is 5.94. The Hall–Kier alpha value is -2.29. The third-order valence-corrected chi connectivity index (χ3v) is 4.20. The van der Waals surface area contributed by atoms with Crippen LogP contribution in [0.2, 0.25) is 0 Å². The van der Waals surface area contributed by atoms with E-state index in [9.17, 15) is 4.79 Å². The van der Waals surface area contributed by atoms with Gasteiger partial charge in [0.05, 0.1) is 7.11 Å². The second-order valence-corrected chi connectivity index (χ2v) is 5.72. The standard InChI is InChI=1S/C19H21NO2/c1-22-18-8-4-5-14(11-18)13-20-19(21)17-10-9-15-6-2-3-7-16(15)12-17/h4-5,8-12H,2-3,6-7,13H2,1H3,(H,20,21). The zero-order valence-corrected chi connectivity index (χ0v) is 12.9. The van der Waals surface area contributed by atoms with Gasteiger partial charge in [0.15, 0.2) is 0 Å². The lowest BCUT2D eigenvalue weighted by Crippen LogP contribution is -2.23. The van der Waals surface area contributed by atoms with Crippen LogP contribution in [0.5, 0.6) is 5.75 Å². The third-order valence-electron chi connectivity index (χ3n) is 4.20. The number of carbonyl (C=O) groups is 1. The number of hydrogen-bond acceptors (Lipinski definition) is 2. The molecule has 0 fully saturated rings. The fourth-order valence-corrected chi connectivity index (χ4v) is 2.94. The fourth-order valence-electron chi connectivity index (χ4n) is 2.94. The van der Waals surface area contributed by atoms with Crippen LogP contribution in [-0.4, -0.2) is 13.0 Å². The molecule has 0 saturated heterocycles. The molecule has 2 aromatic carbocycles. The first-order valence-electron chi connectivity index (χ1n) is 7.79. The average Bonchev–Trinajstić information content (AvgIpc) is 2.59. The first-order chi connectivity index (χ1) is 10.8. The number of fused-ring (bicyclic) bond motifs is 1. The minimum Gasteiger partial charge on any atom is -0.497 e. The van der Waals surface area contributed by atoms with E-state index in [1.54, 1.807) is 7.11 Å². The van der Waals surface area contributed by atoms with Crippen LogP contribution in [0.15, 0.2) is 42.5 Å². The second-order valence-electron chi connectivity index (χ2n) is 5.72. The van der Waals surface area contributed by atoms with Crippen molar-refractivity contribution in [2.24, 2.45) is 0 Å². The van der Waals surface area contributed by atoms with E-state index in [2.05, 4.69) is 17.4 Å². The summed E-state index contributed by atoms with van der Waals surface area (Å²) in [7, 11) is 1.64. The molecular weight excluding hydrogens is 274 g/mol. The van der Waals surface area contributed by atoms with Gasteiger partial charge in [0.25, 0.3) is 5.91 Å². The van der Waals surface area contributed by atoms with Crippen LogP contribution in [0.1, 0.15) is 39.9 Å². The summed E-state index contributed by atoms with van der Waals surface area (Å²) in [6.07, 6.45) is 4.71. The van der Waals surface area contributed by atoms with Crippen molar-refractivity contribution in [2.45, 2.75) is 32.2 Å². The van der Waals surface area contributed by atoms with E-state index < -0.39 is 0 Å². The van der Waals surface area contributed by atoms with Gasteiger partial charge in [-0.2, -0.15) is 0 Å². The van der Waals surface area contributed by atoms with Crippen LogP contribution in [-0.2, 0) is 19.4 Å². The van der Waals surface area contributed by atoms with Gasteiger partial charge in [-0.3, -0.25) is 4.79 Å². The summed E-state index contributed by atoms with van der Waals surface area (Å²) in [5, 5.41) is 2.98. The van der Waals surface area contributed by atoms with Crippen molar-refractivity contribution in [3.8, 4) is 5.75 Å². The molecule has 1 aliphatic rings. The van der Waals surface area contributed by atoms with E-state index in [0.717, 1.165) is 29.7 Å². The van der Waals surface area contributed by atoms with Crippen molar-refractivity contribution in [1.82, 2.24) is 5.32 Å². The molecule has 0 aliphatic heterocycles. The first-order valence-corrected chi connectivity index (χ1v) is 7.79. The largest absolute Gasteiger partial charge is 0.497 e. The molecule has 114 valence electrons. The Morgan fingerprint density at radius 1 is 1.09 bits per heavy atom. The quantitative estimate of drug-likeness (QED) is 0.937. The normalized spacial score (nSPS) is 13.3. The van der Waals surface area contributed by atoms with Crippen LogP contribution in [0.3, 0.4) is 0 Å². The molecule has 0 saturated carbocycles. The second kappa shape index (κ2) is 6.65. The first kappa shape index (κ1) is 14.6. The summed E-state index contributed by atoms with van der Waals surface area (Å²) >= 11 is 0. The van der Waals surface area contributed by atoms with Crippen LogP contribution < -0.4 is 10.1 Å². The zero-order valence-electron chi connectivity index (χ0n) is 12.9. The van der Waals surface area contributed by atoms with Crippen LogP contribution in [0.25, 0.3) is 0 Å². The number of rotatable bonds is 4. The highest BCUT2D eigenvalue weighted by Gasteiger charge is 2.12. The Kier molecular flexibility index (Phi) is 4.42. The number of amides is 1. The summed E-state index contributed by atoms with van der Waals surface area (Å²) in [6, 6.07) is 13.8. The highest BCUT2D eigenvalue weighted by atomic mass is 16.5. The molecule has 0 radical (unpaired) electrons. The van der Waals surface area contributed by atoms with E-state index in [-0.39, 0.29) is 5.91 Å². The molecule has 1 aliphatic carbocycles. The topological polar surface area (TPSA) is 38.3 Å². The van der Waals surface area contributed by atoms with Crippen molar-refractivity contribution in [3.63, 3.8) is 0 Å². The molecule has 0 spiro atoms. The number of hydrogen-bond donors (Lipinski definition) is 1. The van der Waals surface area contributed by atoms with Gasteiger partial charge in [0, 0.05) is 12.1 Å². The Balaban J connectivity index is 1.66. The number of methoxy groups -OCH3 is 1. The Morgan fingerprint density at radius 3 is 2.73 bits per heavy atom. The van der Waals surface area contributed by atoms with Crippen molar-refractivity contribution in [1.29, 1.82) is 0 Å². The molecule has 0 unspecified atom stereocenters. The van der Waals surface area contributed by atoms with E-state index in [1.165, 1.54) is 24.0 Å². The van der Waals surface area contributed by atoms with E-state index in [4.69, 9.17) is 4.74 Å². The third kappa shape index (κ3) is 3.30. The lowest BCUT2D eigenvalue weighted by atomic mass is 9.90. The van der Waals surface area contributed by atoms with Gasteiger partial charge in [0.2, 0.25) is 0 Å². The van der Waals surface area contributed by atoms with E-state index >= 15 is 0 Å². The molecule has 3 nitrogen and oxygen atoms in total. The zero-order chi connectivity index (χ0) is 15.4. The molecule has 3 rings (SSSR count). The van der Waals surface area contributed by atoms with Crippen molar-refractivity contribution in [2.75, 3.05) is 7.11 Å². The molecule has 1 N–H and O–H groups in total. The van der Waals surface area contributed by atoms with E-state index in [0.29, 0.717) is 6.54 Å². The van der Waals surface area contributed by atoms with Gasteiger partial charge >= 0.3 is 0 Å². The van der Waals surface area contributed by atoms with Crippen LogP contribution >= 0.6 is 0 Å². The van der Waals surface area contributed by atoms with Crippen molar-refractivity contribution >= 4 is 5.91 Å². The van der Waals surface area contributed by atoms with Gasteiger partial charge in [-0.15, -0.1) is 0 Å². The Labute approximate surface area is 131 Å². The Morgan fingerprint density at radius 2 is 1.91 bits per heavy atom.